The first-order valence-corrected chi connectivity index (χ1v) is 10.0. The fourth-order valence-electron chi connectivity index (χ4n) is 2.95. The van der Waals surface area contributed by atoms with Gasteiger partial charge in [0.05, 0.1) is 14.1 Å². The molecule has 0 aromatic rings. The molecule has 0 aromatic heterocycles. The quantitative estimate of drug-likeness (QED) is 0.191. The molecular weight excluding hydrogens is 270 g/mol. The van der Waals surface area contributed by atoms with E-state index in [1.54, 1.807) is 0 Å². The van der Waals surface area contributed by atoms with Crippen molar-refractivity contribution in [2.24, 2.45) is 0 Å². The van der Waals surface area contributed by atoms with Gasteiger partial charge in [-0.25, -0.2) is 5.21 Å². The van der Waals surface area contributed by atoms with Crippen molar-refractivity contribution in [2.75, 3.05) is 14.1 Å². The van der Waals surface area contributed by atoms with Crippen molar-refractivity contribution in [1.82, 2.24) is 0 Å². The summed E-state index contributed by atoms with van der Waals surface area (Å²) in [5, 5.41) is 9.83. The highest BCUT2D eigenvalue weighted by Crippen LogP contribution is 2.15. The Bertz CT molecular complexity index is 222. The Labute approximate surface area is 140 Å². The van der Waals surface area contributed by atoms with Crippen LogP contribution in [0.15, 0.2) is 0 Å². The highest BCUT2D eigenvalue weighted by atomic mass is 16.5. The molecule has 0 saturated heterocycles. The van der Waals surface area contributed by atoms with E-state index in [0.29, 0.717) is 6.04 Å². The maximum atomic E-state index is 9.83. The van der Waals surface area contributed by atoms with E-state index < -0.39 is 0 Å². The predicted octanol–water partition coefficient (Wildman–Crippen LogP) is 6.71. The smallest absolute Gasteiger partial charge is 0.116 e. The SMILES string of the molecule is CCCCCCCCCCCCCCCCC(C)[N+](C)(C)O. The van der Waals surface area contributed by atoms with Crippen LogP contribution in [0.2, 0.25) is 0 Å². The average Bonchev–Trinajstić information content (AvgIpc) is 2.46. The lowest BCUT2D eigenvalue weighted by molar-refractivity contribution is -1.09. The maximum absolute atomic E-state index is 9.83. The third-order valence-corrected chi connectivity index (χ3v) is 5.05. The Hall–Kier alpha value is -0.0800. The van der Waals surface area contributed by atoms with Gasteiger partial charge in [-0.2, -0.15) is 4.65 Å². The van der Waals surface area contributed by atoms with Crippen LogP contribution in [-0.2, 0) is 0 Å². The summed E-state index contributed by atoms with van der Waals surface area (Å²) in [5.74, 6) is 0. The van der Waals surface area contributed by atoms with Gasteiger partial charge in [0.15, 0.2) is 0 Å². The summed E-state index contributed by atoms with van der Waals surface area (Å²) in [6, 6.07) is 0.359. The average molecular weight is 315 g/mol. The topological polar surface area (TPSA) is 20.2 Å². The highest BCUT2D eigenvalue weighted by molar-refractivity contribution is 4.52. The molecule has 0 aromatic carbocycles. The van der Waals surface area contributed by atoms with E-state index in [2.05, 4.69) is 13.8 Å². The molecule has 0 aliphatic carbocycles. The first kappa shape index (κ1) is 21.9. The first-order chi connectivity index (χ1) is 10.5. The summed E-state index contributed by atoms with van der Waals surface area (Å²) in [4.78, 5) is 0. The first-order valence-electron chi connectivity index (χ1n) is 10.0. The van der Waals surface area contributed by atoms with Crippen LogP contribution >= 0.6 is 0 Å². The number of hydroxylamine groups is 3. The molecule has 0 saturated carbocycles. The molecule has 134 valence electrons. The molecule has 0 bridgehead atoms. The van der Waals surface area contributed by atoms with Crippen LogP contribution in [-0.4, -0.2) is 30.0 Å². The number of quaternary nitrogens is 1. The van der Waals surface area contributed by atoms with E-state index in [-0.39, 0.29) is 4.65 Å². The predicted molar refractivity (Wildman–Crippen MR) is 98.3 cm³/mol. The minimum atomic E-state index is 0.110. The monoisotopic (exact) mass is 314 g/mol. The van der Waals surface area contributed by atoms with Crippen LogP contribution in [0.3, 0.4) is 0 Å². The van der Waals surface area contributed by atoms with E-state index in [9.17, 15) is 5.21 Å². The van der Waals surface area contributed by atoms with Crippen LogP contribution < -0.4 is 0 Å². The van der Waals surface area contributed by atoms with E-state index in [0.717, 1.165) is 6.42 Å². The van der Waals surface area contributed by atoms with Crippen molar-refractivity contribution >= 4 is 0 Å². The molecule has 22 heavy (non-hydrogen) atoms. The van der Waals surface area contributed by atoms with Crippen LogP contribution in [0.4, 0.5) is 0 Å². The molecule has 0 rings (SSSR count). The second-order valence-corrected chi connectivity index (χ2v) is 7.71. The molecule has 2 nitrogen and oxygen atoms in total. The van der Waals surface area contributed by atoms with E-state index in [4.69, 9.17) is 0 Å². The molecule has 1 atom stereocenters. The minimum Gasteiger partial charge on any atom is -0.217 e. The molecule has 1 N–H and O–H groups in total. The summed E-state index contributed by atoms with van der Waals surface area (Å²) in [6.07, 6.45) is 20.9. The fraction of sp³-hybridized carbons (Fsp3) is 1.00. The third kappa shape index (κ3) is 14.8. The second kappa shape index (κ2) is 14.5. The summed E-state index contributed by atoms with van der Waals surface area (Å²) >= 11 is 0. The van der Waals surface area contributed by atoms with Crippen molar-refractivity contribution in [3.05, 3.63) is 0 Å². The molecule has 0 spiro atoms. The zero-order valence-electron chi connectivity index (χ0n) is 16.1. The third-order valence-electron chi connectivity index (χ3n) is 5.05. The normalized spacial score (nSPS) is 13.5. The van der Waals surface area contributed by atoms with Gasteiger partial charge < -0.3 is 0 Å². The maximum Gasteiger partial charge on any atom is 0.116 e. The summed E-state index contributed by atoms with van der Waals surface area (Å²) in [6.45, 7) is 4.43. The molecule has 1 unspecified atom stereocenters. The summed E-state index contributed by atoms with van der Waals surface area (Å²) in [7, 11) is 3.74. The van der Waals surface area contributed by atoms with Gasteiger partial charge in [-0.15, -0.1) is 0 Å². The van der Waals surface area contributed by atoms with Crippen molar-refractivity contribution in [3.8, 4) is 0 Å². The van der Waals surface area contributed by atoms with Crippen molar-refractivity contribution in [3.63, 3.8) is 0 Å². The minimum absolute atomic E-state index is 0.110. The van der Waals surface area contributed by atoms with Gasteiger partial charge in [0.1, 0.15) is 6.04 Å². The Morgan fingerprint density at radius 3 is 1.27 bits per heavy atom. The molecule has 0 radical (unpaired) electrons. The van der Waals surface area contributed by atoms with Crippen molar-refractivity contribution < 1.29 is 9.85 Å². The Kier molecular flexibility index (Phi) is 14.5. The molecule has 0 aliphatic heterocycles. The highest BCUT2D eigenvalue weighted by Gasteiger charge is 2.20. The molecule has 0 heterocycles. The molecule has 0 amide bonds. The Balaban J connectivity index is 3.12. The van der Waals surface area contributed by atoms with Crippen LogP contribution in [0, 0.1) is 0 Å². The lowest BCUT2D eigenvalue weighted by Gasteiger charge is -2.27. The van der Waals surface area contributed by atoms with E-state index in [1.807, 2.05) is 14.1 Å². The second-order valence-electron chi connectivity index (χ2n) is 7.71. The van der Waals surface area contributed by atoms with Crippen LogP contribution in [0.1, 0.15) is 110 Å². The van der Waals surface area contributed by atoms with E-state index in [1.165, 1.54) is 89.9 Å². The van der Waals surface area contributed by atoms with Gasteiger partial charge in [-0.1, -0.05) is 90.4 Å². The summed E-state index contributed by atoms with van der Waals surface area (Å²) in [5.41, 5.74) is 0. The standard InChI is InChI=1S/C20H44NO/c1-5-6-7-8-9-10-11-12-13-14-15-16-17-18-19-20(2)21(3,4)22/h20,22H,5-19H2,1-4H3/q+1. The van der Waals surface area contributed by atoms with Crippen molar-refractivity contribution in [2.45, 2.75) is 116 Å². The molecular formula is C20H44NO+. The number of rotatable bonds is 16. The lowest BCUT2D eigenvalue weighted by Crippen LogP contribution is -2.43. The van der Waals surface area contributed by atoms with Gasteiger partial charge >= 0.3 is 0 Å². The van der Waals surface area contributed by atoms with Gasteiger partial charge in [-0.05, 0) is 13.3 Å². The lowest BCUT2D eigenvalue weighted by atomic mass is 10.0. The van der Waals surface area contributed by atoms with Crippen LogP contribution in [0.5, 0.6) is 0 Å². The zero-order valence-corrected chi connectivity index (χ0v) is 16.1. The Morgan fingerprint density at radius 1 is 0.636 bits per heavy atom. The molecule has 0 aliphatic rings. The zero-order chi connectivity index (χ0) is 16.7. The van der Waals surface area contributed by atoms with Gasteiger partial charge in [0.2, 0.25) is 0 Å². The van der Waals surface area contributed by atoms with Gasteiger partial charge in [-0.3, -0.25) is 0 Å². The van der Waals surface area contributed by atoms with Crippen molar-refractivity contribution in [1.29, 1.82) is 0 Å². The van der Waals surface area contributed by atoms with E-state index >= 15 is 0 Å². The molecule has 0 fully saturated rings. The Morgan fingerprint density at radius 2 is 0.955 bits per heavy atom. The largest absolute Gasteiger partial charge is 0.217 e. The molecule has 2 heteroatoms. The summed E-state index contributed by atoms with van der Waals surface area (Å²) < 4.78 is 0.110. The number of hydrogen-bond acceptors (Lipinski definition) is 1. The van der Waals surface area contributed by atoms with Crippen LogP contribution in [0.25, 0.3) is 0 Å². The number of hydrogen-bond donors (Lipinski definition) is 1. The van der Waals surface area contributed by atoms with Gasteiger partial charge in [0.25, 0.3) is 0 Å². The van der Waals surface area contributed by atoms with Gasteiger partial charge in [0, 0.05) is 6.42 Å². The fourth-order valence-corrected chi connectivity index (χ4v) is 2.95. The number of nitrogens with zero attached hydrogens (tertiary/aromatic N) is 1. The number of unbranched alkanes of at least 4 members (excludes halogenated alkanes) is 13.